The highest BCUT2D eigenvalue weighted by atomic mass is 16.5. The van der Waals surface area contributed by atoms with Crippen molar-refractivity contribution < 1.29 is 14.3 Å². The number of nitrogens with two attached hydrogens (primary N) is 1. The molecule has 14 heavy (non-hydrogen) atoms. The van der Waals surface area contributed by atoms with E-state index >= 15 is 0 Å². The lowest BCUT2D eigenvalue weighted by Crippen LogP contribution is -2.32. The Kier molecular flexibility index (Phi) is 2.17. The second kappa shape index (κ2) is 3.34. The zero-order chi connectivity index (χ0) is 10.1. The minimum atomic E-state index is -0.367. The van der Waals surface area contributed by atoms with Crippen molar-refractivity contribution in [2.75, 3.05) is 26.1 Å². The largest absolute Gasteiger partial charge is 0.464 e. The summed E-state index contributed by atoms with van der Waals surface area (Å²) in [5, 5.41) is 0. The number of carbonyl (C=O) groups excluding carboxylic acids is 1. The number of nitrogens with zero attached hydrogens (tertiary/aromatic N) is 1. The van der Waals surface area contributed by atoms with Gasteiger partial charge in [0.25, 0.3) is 0 Å². The summed E-state index contributed by atoms with van der Waals surface area (Å²) in [6.07, 6.45) is 1.74. The van der Waals surface area contributed by atoms with E-state index in [-0.39, 0.29) is 12.0 Å². The van der Waals surface area contributed by atoms with Crippen molar-refractivity contribution in [1.29, 1.82) is 0 Å². The lowest BCUT2D eigenvalue weighted by molar-refractivity contribution is -0.0245. The van der Waals surface area contributed by atoms with Crippen LogP contribution in [0.15, 0.2) is 12.3 Å². The first-order chi connectivity index (χ1) is 6.72. The minimum Gasteiger partial charge on any atom is -0.464 e. The topological polar surface area (TPSA) is 66.5 Å². The highest BCUT2D eigenvalue weighted by molar-refractivity contribution is 5.89. The molecular formula is C9H12N2O3. The lowest BCUT2D eigenvalue weighted by Gasteiger charge is -2.28. The summed E-state index contributed by atoms with van der Waals surface area (Å²) in [7, 11) is 1.35. The van der Waals surface area contributed by atoms with Gasteiger partial charge in [-0.05, 0) is 6.07 Å². The van der Waals surface area contributed by atoms with Crippen LogP contribution in [0.3, 0.4) is 0 Å². The summed E-state index contributed by atoms with van der Waals surface area (Å²) in [5.41, 5.74) is 6.67. The molecule has 5 nitrogen and oxygen atoms in total. The van der Waals surface area contributed by atoms with Gasteiger partial charge < -0.3 is 19.8 Å². The minimum absolute atomic E-state index is 0.210. The molecule has 0 atom stereocenters. The smallest absolute Gasteiger partial charge is 0.354 e. The maximum Gasteiger partial charge on any atom is 0.354 e. The van der Waals surface area contributed by atoms with Crippen LogP contribution in [0.25, 0.3) is 0 Å². The molecule has 2 rings (SSSR count). The summed E-state index contributed by atoms with van der Waals surface area (Å²) in [4.78, 5) is 11.4. The fraction of sp³-hybridized carbons (Fsp3) is 0.444. The molecule has 1 fully saturated rings. The van der Waals surface area contributed by atoms with Crippen molar-refractivity contribution >= 4 is 11.7 Å². The van der Waals surface area contributed by atoms with E-state index in [4.69, 9.17) is 10.5 Å². The van der Waals surface area contributed by atoms with Gasteiger partial charge in [0.2, 0.25) is 0 Å². The van der Waals surface area contributed by atoms with E-state index in [1.807, 2.05) is 4.57 Å². The molecule has 0 aliphatic carbocycles. The second-order valence-corrected chi connectivity index (χ2v) is 3.25. The number of ether oxygens (including phenoxy) is 2. The van der Waals surface area contributed by atoms with E-state index in [0.717, 1.165) is 0 Å². The molecule has 1 aliphatic heterocycles. The van der Waals surface area contributed by atoms with Gasteiger partial charge in [-0.1, -0.05) is 0 Å². The van der Waals surface area contributed by atoms with Crippen molar-refractivity contribution in [3.8, 4) is 0 Å². The van der Waals surface area contributed by atoms with Gasteiger partial charge in [0.05, 0.1) is 32.1 Å². The van der Waals surface area contributed by atoms with Gasteiger partial charge in [-0.3, -0.25) is 0 Å². The molecule has 5 heteroatoms. The lowest BCUT2D eigenvalue weighted by atomic mass is 10.2. The van der Waals surface area contributed by atoms with E-state index < -0.39 is 0 Å². The number of methoxy groups -OCH3 is 1. The predicted molar refractivity (Wildman–Crippen MR) is 50.0 cm³/mol. The quantitative estimate of drug-likeness (QED) is 0.696. The van der Waals surface area contributed by atoms with Crippen LogP contribution in [0.4, 0.5) is 5.69 Å². The predicted octanol–water partition coefficient (Wildman–Crippen LogP) is 0.428. The SMILES string of the molecule is COC(=O)c1cc(N)cn1C1COC1. The molecule has 0 saturated carbocycles. The molecule has 1 aromatic heterocycles. The molecule has 0 amide bonds. The van der Waals surface area contributed by atoms with Crippen molar-refractivity contribution in [2.24, 2.45) is 0 Å². The van der Waals surface area contributed by atoms with Crippen LogP contribution in [-0.4, -0.2) is 30.9 Å². The van der Waals surface area contributed by atoms with E-state index in [1.54, 1.807) is 12.3 Å². The van der Waals surface area contributed by atoms with Gasteiger partial charge in [-0.25, -0.2) is 4.79 Å². The summed E-state index contributed by atoms with van der Waals surface area (Å²) >= 11 is 0. The van der Waals surface area contributed by atoms with Crippen LogP contribution < -0.4 is 5.73 Å². The Hall–Kier alpha value is -1.49. The number of rotatable bonds is 2. The highest BCUT2D eigenvalue weighted by Gasteiger charge is 2.25. The first-order valence-corrected chi connectivity index (χ1v) is 4.36. The first-order valence-electron chi connectivity index (χ1n) is 4.36. The standard InChI is InChI=1S/C9H12N2O3/c1-13-9(12)8-2-6(10)3-11(8)7-4-14-5-7/h2-3,7H,4-5,10H2,1H3. The van der Waals surface area contributed by atoms with E-state index in [1.165, 1.54) is 7.11 Å². The summed E-state index contributed by atoms with van der Waals surface area (Å²) < 4.78 is 11.5. The molecule has 0 spiro atoms. The Morgan fingerprint density at radius 2 is 2.43 bits per heavy atom. The van der Waals surface area contributed by atoms with Gasteiger partial charge in [0.15, 0.2) is 0 Å². The zero-order valence-electron chi connectivity index (χ0n) is 7.90. The van der Waals surface area contributed by atoms with E-state index in [9.17, 15) is 4.79 Å². The van der Waals surface area contributed by atoms with Gasteiger partial charge in [-0.15, -0.1) is 0 Å². The van der Waals surface area contributed by atoms with Gasteiger partial charge in [0, 0.05) is 6.20 Å². The van der Waals surface area contributed by atoms with E-state index in [2.05, 4.69) is 4.74 Å². The normalized spacial score (nSPS) is 16.4. The number of hydrogen-bond donors (Lipinski definition) is 1. The molecule has 1 aromatic rings. The molecule has 76 valence electrons. The molecule has 2 N–H and O–H groups in total. The zero-order valence-corrected chi connectivity index (χ0v) is 7.90. The van der Waals surface area contributed by atoms with Crippen molar-refractivity contribution in [3.05, 3.63) is 18.0 Å². The summed E-state index contributed by atoms with van der Waals surface area (Å²) in [6, 6.07) is 1.82. The van der Waals surface area contributed by atoms with Gasteiger partial charge >= 0.3 is 5.97 Å². The van der Waals surface area contributed by atoms with Crippen LogP contribution in [0.5, 0.6) is 0 Å². The Bertz CT molecular complexity index is 355. The third kappa shape index (κ3) is 1.35. The number of anilines is 1. The average Bonchev–Trinajstić information content (AvgIpc) is 2.43. The number of nitrogen functional groups attached to an aromatic ring is 1. The van der Waals surface area contributed by atoms with Crippen LogP contribution in [-0.2, 0) is 9.47 Å². The molecule has 1 aliphatic rings. The first kappa shape index (κ1) is 9.08. The Morgan fingerprint density at radius 3 is 2.93 bits per heavy atom. The van der Waals surface area contributed by atoms with Crippen LogP contribution in [0.2, 0.25) is 0 Å². The molecule has 0 unspecified atom stereocenters. The third-order valence-electron chi connectivity index (χ3n) is 2.28. The second-order valence-electron chi connectivity index (χ2n) is 3.25. The molecule has 1 saturated heterocycles. The fourth-order valence-corrected chi connectivity index (χ4v) is 1.45. The van der Waals surface area contributed by atoms with Crippen LogP contribution in [0, 0.1) is 0 Å². The fourth-order valence-electron chi connectivity index (χ4n) is 1.45. The van der Waals surface area contributed by atoms with Crippen molar-refractivity contribution in [3.63, 3.8) is 0 Å². The maximum absolute atomic E-state index is 11.4. The highest BCUT2D eigenvalue weighted by Crippen LogP contribution is 2.23. The molecule has 2 heterocycles. The molecule has 0 bridgehead atoms. The van der Waals surface area contributed by atoms with Gasteiger partial charge in [-0.2, -0.15) is 0 Å². The summed E-state index contributed by atoms with van der Waals surface area (Å²) in [5.74, 6) is -0.367. The monoisotopic (exact) mass is 196 g/mol. The van der Waals surface area contributed by atoms with E-state index in [0.29, 0.717) is 24.6 Å². The molecule has 0 aromatic carbocycles. The number of esters is 1. The number of carbonyl (C=O) groups is 1. The Balaban J connectivity index is 2.32. The molecule has 0 radical (unpaired) electrons. The Morgan fingerprint density at radius 1 is 1.71 bits per heavy atom. The average molecular weight is 196 g/mol. The van der Waals surface area contributed by atoms with Crippen molar-refractivity contribution in [2.45, 2.75) is 6.04 Å². The van der Waals surface area contributed by atoms with Crippen LogP contribution >= 0.6 is 0 Å². The number of aromatic nitrogens is 1. The molecular weight excluding hydrogens is 184 g/mol. The number of hydrogen-bond acceptors (Lipinski definition) is 4. The Labute approximate surface area is 81.4 Å². The van der Waals surface area contributed by atoms with Crippen molar-refractivity contribution in [1.82, 2.24) is 4.57 Å². The van der Waals surface area contributed by atoms with Crippen LogP contribution in [0.1, 0.15) is 16.5 Å². The summed E-state index contributed by atoms with van der Waals surface area (Å²) in [6.45, 7) is 1.25. The van der Waals surface area contributed by atoms with Gasteiger partial charge in [0.1, 0.15) is 5.69 Å². The maximum atomic E-state index is 11.4. The third-order valence-corrected chi connectivity index (χ3v) is 2.28.